The summed E-state index contributed by atoms with van der Waals surface area (Å²) in [4.78, 5) is 19.0. The summed E-state index contributed by atoms with van der Waals surface area (Å²) < 4.78 is 10.6. The fourth-order valence-corrected chi connectivity index (χ4v) is 3.73. The van der Waals surface area contributed by atoms with E-state index in [9.17, 15) is 4.79 Å². The van der Waals surface area contributed by atoms with Gasteiger partial charge in [0.05, 0.1) is 26.3 Å². The minimum absolute atomic E-state index is 0. The molecule has 1 aliphatic heterocycles. The average molecular weight is 434 g/mol. The third kappa shape index (κ3) is 5.72. The number of ether oxygens (including phenoxy) is 2. The zero-order chi connectivity index (χ0) is 17.8. The van der Waals surface area contributed by atoms with Crippen LogP contribution in [0.25, 0.3) is 10.6 Å². The second-order valence-electron chi connectivity index (χ2n) is 6.09. The molecule has 1 aromatic heterocycles. The number of hydrogen-bond acceptors (Lipinski definition) is 6. The van der Waals surface area contributed by atoms with Crippen LogP contribution in [0.5, 0.6) is 11.5 Å². The Bertz CT molecular complexity index is 757. The molecule has 1 unspecified atom stereocenters. The molecular formula is C18H25Cl2N3O3S. The smallest absolute Gasteiger partial charge is 0.228 e. The Kier molecular flexibility index (Phi) is 9.32. The molecule has 9 heteroatoms. The van der Waals surface area contributed by atoms with Gasteiger partial charge in [-0.05, 0) is 25.1 Å². The van der Waals surface area contributed by atoms with Gasteiger partial charge in [0.1, 0.15) is 5.01 Å². The normalized spacial score (nSPS) is 16.1. The molecule has 0 radical (unpaired) electrons. The number of piperazine rings is 1. The van der Waals surface area contributed by atoms with Gasteiger partial charge < -0.3 is 19.7 Å². The predicted molar refractivity (Wildman–Crippen MR) is 113 cm³/mol. The highest BCUT2D eigenvalue weighted by molar-refractivity contribution is 7.13. The number of thiazole rings is 1. The van der Waals surface area contributed by atoms with Crippen LogP contribution in [0.4, 0.5) is 0 Å². The van der Waals surface area contributed by atoms with Crippen LogP contribution in [-0.2, 0) is 11.2 Å². The summed E-state index contributed by atoms with van der Waals surface area (Å²) in [6.45, 7) is 4.46. The molecule has 1 fully saturated rings. The maximum atomic E-state index is 12.5. The second kappa shape index (κ2) is 10.7. The lowest BCUT2D eigenvalue weighted by Gasteiger charge is -2.31. The first-order chi connectivity index (χ1) is 12.1. The summed E-state index contributed by atoms with van der Waals surface area (Å²) >= 11 is 1.53. The zero-order valence-electron chi connectivity index (χ0n) is 15.6. The van der Waals surface area contributed by atoms with Gasteiger partial charge in [-0.3, -0.25) is 4.79 Å². The van der Waals surface area contributed by atoms with Crippen LogP contribution >= 0.6 is 36.2 Å². The van der Waals surface area contributed by atoms with E-state index in [4.69, 9.17) is 9.47 Å². The maximum absolute atomic E-state index is 12.5. The number of carbonyl (C=O) groups is 1. The summed E-state index contributed by atoms with van der Waals surface area (Å²) in [7, 11) is 3.23. The number of nitrogens with one attached hydrogen (secondary N) is 1. The van der Waals surface area contributed by atoms with Crippen LogP contribution in [0.1, 0.15) is 12.6 Å². The van der Waals surface area contributed by atoms with Crippen molar-refractivity contribution in [1.82, 2.24) is 15.2 Å². The van der Waals surface area contributed by atoms with Gasteiger partial charge in [0, 0.05) is 36.6 Å². The topological polar surface area (TPSA) is 63.7 Å². The van der Waals surface area contributed by atoms with Gasteiger partial charge in [0.15, 0.2) is 11.5 Å². The molecule has 1 atom stereocenters. The Morgan fingerprint density at radius 3 is 2.70 bits per heavy atom. The van der Waals surface area contributed by atoms with Crippen LogP contribution in [0.2, 0.25) is 0 Å². The van der Waals surface area contributed by atoms with Crippen molar-refractivity contribution in [2.75, 3.05) is 33.9 Å². The quantitative estimate of drug-likeness (QED) is 0.784. The highest BCUT2D eigenvalue weighted by atomic mass is 35.5. The van der Waals surface area contributed by atoms with Crippen molar-refractivity contribution in [2.45, 2.75) is 19.4 Å². The van der Waals surface area contributed by atoms with Gasteiger partial charge in [-0.25, -0.2) is 4.98 Å². The molecule has 150 valence electrons. The Labute approximate surface area is 176 Å². The molecular weight excluding hydrogens is 409 g/mol. The minimum Gasteiger partial charge on any atom is -0.493 e. The van der Waals surface area contributed by atoms with Crippen molar-refractivity contribution in [3.05, 3.63) is 29.3 Å². The summed E-state index contributed by atoms with van der Waals surface area (Å²) in [5, 5.41) is 6.17. The second-order valence-corrected chi connectivity index (χ2v) is 6.94. The van der Waals surface area contributed by atoms with Crippen molar-refractivity contribution in [1.29, 1.82) is 0 Å². The molecule has 3 rings (SSSR count). The molecule has 0 aliphatic carbocycles. The van der Waals surface area contributed by atoms with Crippen LogP contribution in [0, 0.1) is 0 Å². The van der Waals surface area contributed by atoms with Gasteiger partial charge in [-0.15, -0.1) is 36.2 Å². The maximum Gasteiger partial charge on any atom is 0.228 e. The van der Waals surface area contributed by atoms with Crippen molar-refractivity contribution in [3.8, 4) is 22.1 Å². The number of benzene rings is 1. The molecule has 2 heterocycles. The zero-order valence-corrected chi connectivity index (χ0v) is 18.0. The van der Waals surface area contributed by atoms with E-state index in [-0.39, 0.29) is 30.7 Å². The molecule has 1 saturated heterocycles. The molecule has 0 saturated carbocycles. The number of halogens is 2. The third-order valence-corrected chi connectivity index (χ3v) is 5.18. The first kappa shape index (κ1) is 23.5. The number of amides is 1. The van der Waals surface area contributed by atoms with E-state index in [1.807, 2.05) is 28.5 Å². The van der Waals surface area contributed by atoms with Crippen molar-refractivity contribution < 1.29 is 14.3 Å². The van der Waals surface area contributed by atoms with E-state index in [1.54, 1.807) is 14.2 Å². The molecule has 1 N–H and O–H groups in total. The SMILES string of the molecule is COc1ccc(-c2nc(CC(=O)N3CCNC(C)C3)cs2)cc1OC.Cl.Cl. The Hall–Kier alpha value is -1.54. The molecule has 1 aliphatic rings. The lowest BCUT2D eigenvalue weighted by atomic mass is 10.2. The van der Waals surface area contributed by atoms with E-state index in [0.717, 1.165) is 35.9 Å². The molecule has 1 aromatic carbocycles. The van der Waals surface area contributed by atoms with Crippen LogP contribution in [0.3, 0.4) is 0 Å². The number of rotatable bonds is 5. The van der Waals surface area contributed by atoms with Gasteiger partial charge in [-0.1, -0.05) is 0 Å². The van der Waals surface area contributed by atoms with Gasteiger partial charge in [-0.2, -0.15) is 0 Å². The van der Waals surface area contributed by atoms with Crippen molar-refractivity contribution in [2.24, 2.45) is 0 Å². The number of aromatic nitrogens is 1. The van der Waals surface area contributed by atoms with Crippen LogP contribution < -0.4 is 14.8 Å². The lowest BCUT2D eigenvalue weighted by molar-refractivity contribution is -0.131. The van der Waals surface area contributed by atoms with Gasteiger partial charge >= 0.3 is 0 Å². The Morgan fingerprint density at radius 1 is 1.30 bits per heavy atom. The molecule has 0 bridgehead atoms. The van der Waals surface area contributed by atoms with E-state index in [1.165, 1.54) is 11.3 Å². The third-order valence-electron chi connectivity index (χ3n) is 4.24. The van der Waals surface area contributed by atoms with Gasteiger partial charge in [0.2, 0.25) is 5.91 Å². The van der Waals surface area contributed by atoms with E-state index in [0.29, 0.717) is 24.0 Å². The van der Waals surface area contributed by atoms with Crippen molar-refractivity contribution >= 4 is 42.1 Å². The summed E-state index contributed by atoms with van der Waals surface area (Å²) in [5.41, 5.74) is 1.77. The van der Waals surface area contributed by atoms with E-state index >= 15 is 0 Å². The lowest BCUT2D eigenvalue weighted by Crippen LogP contribution is -2.51. The Morgan fingerprint density at radius 2 is 2.04 bits per heavy atom. The molecule has 2 aromatic rings. The first-order valence-corrected chi connectivity index (χ1v) is 9.16. The molecule has 27 heavy (non-hydrogen) atoms. The summed E-state index contributed by atoms with van der Waals surface area (Å²) in [5.74, 6) is 1.49. The molecule has 0 spiro atoms. The monoisotopic (exact) mass is 433 g/mol. The largest absolute Gasteiger partial charge is 0.493 e. The predicted octanol–water partition coefficient (Wildman–Crippen LogP) is 3.03. The highest BCUT2D eigenvalue weighted by Crippen LogP contribution is 2.33. The number of nitrogens with zero attached hydrogens (tertiary/aromatic N) is 2. The average Bonchev–Trinajstić information content (AvgIpc) is 3.09. The van der Waals surface area contributed by atoms with Crippen molar-refractivity contribution in [3.63, 3.8) is 0 Å². The summed E-state index contributed by atoms with van der Waals surface area (Å²) in [6, 6.07) is 6.06. The van der Waals surface area contributed by atoms with Crippen LogP contribution in [-0.4, -0.2) is 55.7 Å². The number of carbonyl (C=O) groups excluding carboxylic acids is 1. The van der Waals surface area contributed by atoms with Gasteiger partial charge in [0.25, 0.3) is 0 Å². The fraction of sp³-hybridized carbons (Fsp3) is 0.444. The summed E-state index contributed by atoms with van der Waals surface area (Å²) in [6.07, 6.45) is 0.344. The minimum atomic E-state index is 0. The standard InChI is InChI=1S/C18H23N3O3S.2ClH/c1-12-10-21(7-6-19-12)17(22)9-14-11-25-18(20-14)13-4-5-15(23-2)16(8-13)24-3;;/h4-5,8,11-12,19H,6-7,9-10H2,1-3H3;2*1H. The van der Waals surface area contributed by atoms with E-state index < -0.39 is 0 Å². The fourth-order valence-electron chi connectivity index (χ4n) is 2.92. The van der Waals surface area contributed by atoms with Crippen LogP contribution in [0.15, 0.2) is 23.6 Å². The molecule has 1 amide bonds. The number of hydrogen-bond donors (Lipinski definition) is 1. The van der Waals surface area contributed by atoms with E-state index in [2.05, 4.69) is 17.2 Å². The number of methoxy groups -OCH3 is 2. The first-order valence-electron chi connectivity index (χ1n) is 8.28. The highest BCUT2D eigenvalue weighted by Gasteiger charge is 2.21. The molecule has 6 nitrogen and oxygen atoms in total. The Balaban J connectivity index is 0.00000182.